The van der Waals surface area contributed by atoms with Crippen molar-refractivity contribution in [3.8, 4) is 0 Å². The molecule has 0 radical (unpaired) electrons. The van der Waals surface area contributed by atoms with Gasteiger partial charge < -0.3 is 15.4 Å². The van der Waals surface area contributed by atoms with Gasteiger partial charge in [0.05, 0.1) is 6.61 Å². The Morgan fingerprint density at radius 2 is 2.11 bits per heavy atom. The minimum absolute atomic E-state index is 0.0400. The molecular formula is C14H20N2O2. The monoisotopic (exact) mass is 248 g/mol. The summed E-state index contributed by atoms with van der Waals surface area (Å²) in [4.78, 5) is 11.8. The Labute approximate surface area is 108 Å². The fourth-order valence-corrected chi connectivity index (χ4v) is 1.93. The fourth-order valence-electron chi connectivity index (χ4n) is 1.93. The number of ether oxygens (including phenoxy) is 1. The molecular weight excluding hydrogens is 228 g/mol. The van der Waals surface area contributed by atoms with Crippen LogP contribution in [0.25, 0.3) is 0 Å². The van der Waals surface area contributed by atoms with Crippen LogP contribution in [-0.2, 0) is 22.5 Å². The largest absolute Gasteiger partial charge is 0.366 e. The third-order valence-electron chi connectivity index (χ3n) is 3.12. The van der Waals surface area contributed by atoms with Crippen LogP contribution in [0.3, 0.4) is 0 Å². The number of benzene rings is 1. The third-order valence-corrected chi connectivity index (χ3v) is 3.12. The summed E-state index contributed by atoms with van der Waals surface area (Å²) < 4.78 is 5.39. The smallest absolute Gasteiger partial charge is 0.250 e. The van der Waals surface area contributed by atoms with Crippen LogP contribution in [0.2, 0.25) is 0 Å². The van der Waals surface area contributed by atoms with E-state index >= 15 is 0 Å². The molecule has 1 atom stereocenters. The van der Waals surface area contributed by atoms with E-state index in [0.717, 1.165) is 18.5 Å². The van der Waals surface area contributed by atoms with Gasteiger partial charge in [0.25, 0.3) is 5.91 Å². The summed E-state index contributed by atoms with van der Waals surface area (Å²) >= 11 is 0. The van der Waals surface area contributed by atoms with E-state index in [1.807, 2.05) is 0 Å². The zero-order chi connectivity index (χ0) is 12.8. The maximum atomic E-state index is 11.8. The number of amides is 1. The molecule has 98 valence electrons. The van der Waals surface area contributed by atoms with E-state index in [0.29, 0.717) is 19.7 Å². The van der Waals surface area contributed by atoms with Crippen molar-refractivity contribution in [3.63, 3.8) is 0 Å². The Balaban J connectivity index is 1.80. The standard InChI is InChI=1S/C14H20N2O2/c1-2-11-3-5-12(6-4-11)9-16-14(17)13-10-15-7-8-18-13/h3-6,13,15H,2,7-10H2,1H3,(H,16,17). The second-order valence-electron chi connectivity index (χ2n) is 4.45. The van der Waals surface area contributed by atoms with Crippen molar-refractivity contribution in [3.05, 3.63) is 35.4 Å². The molecule has 1 saturated heterocycles. The van der Waals surface area contributed by atoms with E-state index < -0.39 is 0 Å². The quantitative estimate of drug-likeness (QED) is 0.830. The van der Waals surface area contributed by atoms with Gasteiger partial charge in [-0.2, -0.15) is 0 Å². The summed E-state index contributed by atoms with van der Waals surface area (Å²) in [6.45, 7) is 4.71. The number of nitrogens with one attached hydrogen (secondary N) is 2. The van der Waals surface area contributed by atoms with Gasteiger partial charge in [-0.05, 0) is 17.5 Å². The summed E-state index contributed by atoms with van der Waals surface area (Å²) in [6, 6.07) is 8.30. The molecule has 0 spiro atoms. The van der Waals surface area contributed by atoms with E-state index in [2.05, 4.69) is 41.8 Å². The zero-order valence-electron chi connectivity index (χ0n) is 10.7. The first kappa shape index (κ1) is 13.1. The van der Waals surface area contributed by atoms with Crippen molar-refractivity contribution in [2.75, 3.05) is 19.7 Å². The van der Waals surface area contributed by atoms with Gasteiger partial charge in [0.1, 0.15) is 6.10 Å². The number of hydrogen-bond acceptors (Lipinski definition) is 3. The number of rotatable bonds is 4. The Kier molecular flexibility index (Phi) is 4.73. The Morgan fingerprint density at radius 1 is 1.39 bits per heavy atom. The topological polar surface area (TPSA) is 50.4 Å². The first-order valence-electron chi connectivity index (χ1n) is 6.47. The first-order chi connectivity index (χ1) is 8.79. The second-order valence-corrected chi connectivity index (χ2v) is 4.45. The third kappa shape index (κ3) is 3.55. The van der Waals surface area contributed by atoms with Crippen LogP contribution in [0.15, 0.2) is 24.3 Å². The summed E-state index contributed by atoms with van der Waals surface area (Å²) in [5.41, 5.74) is 2.43. The molecule has 1 fully saturated rings. The lowest BCUT2D eigenvalue weighted by atomic mass is 10.1. The summed E-state index contributed by atoms with van der Waals surface area (Å²) in [6.07, 6.45) is 0.683. The van der Waals surface area contributed by atoms with E-state index in [4.69, 9.17) is 4.74 Å². The molecule has 4 heteroatoms. The number of carbonyl (C=O) groups is 1. The van der Waals surface area contributed by atoms with E-state index in [1.165, 1.54) is 5.56 Å². The Hall–Kier alpha value is -1.39. The molecule has 0 aliphatic carbocycles. The second kappa shape index (κ2) is 6.52. The molecule has 1 aliphatic rings. The number of carbonyl (C=O) groups excluding carboxylic acids is 1. The Morgan fingerprint density at radius 3 is 2.72 bits per heavy atom. The van der Waals surface area contributed by atoms with E-state index in [-0.39, 0.29) is 12.0 Å². The highest BCUT2D eigenvalue weighted by molar-refractivity contribution is 5.81. The van der Waals surface area contributed by atoms with Crippen LogP contribution in [-0.4, -0.2) is 31.7 Å². The molecule has 1 heterocycles. The molecule has 1 amide bonds. The van der Waals surface area contributed by atoms with Crippen LogP contribution >= 0.6 is 0 Å². The first-order valence-corrected chi connectivity index (χ1v) is 6.47. The average molecular weight is 248 g/mol. The van der Waals surface area contributed by atoms with Crippen molar-refractivity contribution < 1.29 is 9.53 Å². The van der Waals surface area contributed by atoms with Crippen LogP contribution in [0.1, 0.15) is 18.1 Å². The van der Waals surface area contributed by atoms with Gasteiger partial charge in [0, 0.05) is 19.6 Å². The lowest BCUT2D eigenvalue weighted by molar-refractivity contribution is -0.134. The minimum atomic E-state index is -0.353. The predicted octanol–water partition coefficient (Wildman–Crippen LogP) is 0.854. The highest BCUT2D eigenvalue weighted by Gasteiger charge is 2.20. The van der Waals surface area contributed by atoms with Crippen molar-refractivity contribution >= 4 is 5.91 Å². The normalized spacial score (nSPS) is 19.5. The molecule has 2 N–H and O–H groups in total. The lowest BCUT2D eigenvalue weighted by Crippen LogP contribution is -2.47. The van der Waals surface area contributed by atoms with E-state index in [9.17, 15) is 4.79 Å². The molecule has 1 aromatic rings. The fraction of sp³-hybridized carbons (Fsp3) is 0.500. The molecule has 4 nitrogen and oxygen atoms in total. The highest BCUT2D eigenvalue weighted by atomic mass is 16.5. The molecule has 1 aromatic carbocycles. The van der Waals surface area contributed by atoms with Crippen molar-refractivity contribution in [1.82, 2.24) is 10.6 Å². The summed E-state index contributed by atoms with van der Waals surface area (Å²) in [5, 5.41) is 6.05. The number of aryl methyl sites for hydroxylation is 1. The lowest BCUT2D eigenvalue weighted by Gasteiger charge is -2.22. The van der Waals surface area contributed by atoms with Crippen LogP contribution < -0.4 is 10.6 Å². The predicted molar refractivity (Wildman–Crippen MR) is 70.3 cm³/mol. The molecule has 2 rings (SSSR count). The van der Waals surface area contributed by atoms with E-state index in [1.54, 1.807) is 0 Å². The maximum Gasteiger partial charge on any atom is 0.250 e. The van der Waals surface area contributed by atoms with Gasteiger partial charge in [-0.1, -0.05) is 31.2 Å². The van der Waals surface area contributed by atoms with Gasteiger partial charge >= 0.3 is 0 Å². The summed E-state index contributed by atoms with van der Waals surface area (Å²) in [7, 11) is 0. The van der Waals surface area contributed by atoms with Crippen LogP contribution in [0, 0.1) is 0 Å². The Bertz CT molecular complexity index is 383. The molecule has 1 unspecified atom stereocenters. The van der Waals surface area contributed by atoms with Gasteiger partial charge in [0.15, 0.2) is 0 Å². The number of morpholine rings is 1. The van der Waals surface area contributed by atoms with Gasteiger partial charge in [-0.3, -0.25) is 4.79 Å². The maximum absolute atomic E-state index is 11.8. The van der Waals surface area contributed by atoms with Gasteiger partial charge in [-0.15, -0.1) is 0 Å². The van der Waals surface area contributed by atoms with Crippen molar-refractivity contribution in [2.45, 2.75) is 26.0 Å². The minimum Gasteiger partial charge on any atom is -0.366 e. The average Bonchev–Trinajstić information content (AvgIpc) is 2.46. The van der Waals surface area contributed by atoms with Crippen molar-refractivity contribution in [1.29, 1.82) is 0 Å². The zero-order valence-corrected chi connectivity index (χ0v) is 10.7. The van der Waals surface area contributed by atoms with Crippen LogP contribution in [0.4, 0.5) is 0 Å². The number of hydrogen-bond donors (Lipinski definition) is 2. The van der Waals surface area contributed by atoms with Crippen molar-refractivity contribution in [2.24, 2.45) is 0 Å². The highest BCUT2D eigenvalue weighted by Crippen LogP contribution is 2.05. The molecule has 18 heavy (non-hydrogen) atoms. The van der Waals surface area contributed by atoms with Crippen LogP contribution in [0.5, 0.6) is 0 Å². The molecule has 0 saturated carbocycles. The SMILES string of the molecule is CCc1ccc(CNC(=O)C2CNCCO2)cc1. The van der Waals surface area contributed by atoms with Gasteiger partial charge in [0.2, 0.25) is 0 Å². The summed E-state index contributed by atoms with van der Waals surface area (Å²) in [5.74, 6) is -0.0400. The molecule has 0 bridgehead atoms. The van der Waals surface area contributed by atoms with Gasteiger partial charge in [-0.25, -0.2) is 0 Å². The molecule has 1 aliphatic heterocycles. The molecule has 0 aromatic heterocycles.